The lowest BCUT2D eigenvalue weighted by Crippen LogP contribution is -2.35. The van der Waals surface area contributed by atoms with E-state index in [1.165, 1.54) is 0 Å². The quantitative estimate of drug-likeness (QED) is 0.526. The highest BCUT2D eigenvalue weighted by Crippen LogP contribution is 2.13. The Morgan fingerprint density at radius 1 is 1.46 bits per heavy atom. The minimum atomic E-state index is -4.29. The molecule has 0 aliphatic heterocycles. The number of nitrogens with zero attached hydrogens (tertiary/aromatic N) is 1. The van der Waals surface area contributed by atoms with Crippen molar-refractivity contribution < 1.29 is 13.2 Å². The van der Waals surface area contributed by atoms with Crippen LogP contribution in [0.15, 0.2) is 4.99 Å². The van der Waals surface area contributed by atoms with Crippen LogP contribution >= 0.6 is 0 Å². The first-order valence-electron chi connectivity index (χ1n) is 3.92. The Bertz CT molecular complexity index is 174. The van der Waals surface area contributed by atoms with Crippen LogP contribution in [0.4, 0.5) is 13.2 Å². The standard InChI is InChI=1S/C7H14F3N3/c1-5(2)3-12-6(11)13-4-7(8,9)10/h5H,3-4H2,1-2H3,(H3,11,12,13). The van der Waals surface area contributed by atoms with Gasteiger partial charge in [0.1, 0.15) is 6.54 Å². The Balaban J connectivity index is 3.76. The summed E-state index contributed by atoms with van der Waals surface area (Å²) in [5.74, 6) is 0.158. The Morgan fingerprint density at radius 2 is 2.00 bits per heavy atom. The molecule has 0 aromatic heterocycles. The summed E-state index contributed by atoms with van der Waals surface area (Å²) in [6, 6.07) is 0. The maximum Gasteiger partial charge on any atom is 0.408 e. The monoisotopic (exact) mass is 197 g/mol. The Kier molecular flexibility index (Phi) is 4.58. The van der Waals surface area contributed by atoms with Crippen LogP contribution in [0.2, 0.25) is 0 Å². The van der Waals surface area contributed by atoms with E-state index in [0.717, 1.165) is 0 Å². The normalized spacial score (nSPS) is 13.5. The van der Waals surface area contributed by atoms with E-state index in [9.17, 15) is 13.2 Å². The van der Waals surface area contributed by atoms with Crippen molar-refractivity contribution >= 4 is 5.96 Å². The SMILES string of the molecule is CC(C)CNC(N)=NCC(F)(F)F. The first kappa shape index (κ1) is 12.1. The van der Waals surface area contributed by atoms with Crippen molar-refractivity contribution in [3.8, 4) is 0 Å². The molecule has 3 nitrogen and oxygen atoms in total. The fourth-order valence-electron chi connectivity index (χ4n) is 0.539. The molecule has 0 bridgehead atoms. The zero-order valence-corrected chi connectivity index (χ0v) is 7.65. The Labute approximate surface area is 75.2 Å². The molecule has 0 saturated carbocycles. The average Bonchev–Trinajstić information content (AvgIpc) is 1.95. The minimum Gasteiger partial charge on any atom is -0.370 e. The van der Waals surface area contributed by atoms with Gasteiger partial charge in [0.15, 0.2) is 5.96 Å². The lowest BCUT2D eigenvalue weighted by molar-refractivity contribution is -0.118. The van der Waals surface area contributed by atoms with Gasteiger partial charge in [-0.15, -0.1) is 0 Å². The van der Waals surface area contributed by atoms with Crippen molar-refractivity contribution in [3.63, 3.8) is 0 Å². The molecule has 0 aliphatic carbocycles. The first-order valence-corrected chi connectivity index (χ1v) is 3.92. The van der Waals surface area contributed by atoms with Gasteiger partial charge in [-0.1, -0.05) is 13.8 Å². The summed E-state index contributed by atoms with van der Waals surface area (Å²) in [5.41, 5.74) is 5.17. The molecule has 0 fully saturated rings. The molecule has 0 aromatic carbocycles. The highest BCUT2D eigenvalue weighted by molar-refractivity contribution is 5.77. The van der Waals surface area contributed by atoms with Crippen LogP contribution < -0.4 is 11.1 Å². The molecule has 0 atom stereocenters. The molecule has 0 unspecified atom stereocenters. The maximum absolute atomic E-state index is 11.6. The number of nitrogens with two attached hydrogens (primary N) is 1. The van der Waals surface area contributed by atoms with Crippen LogP contribution in [-0.2, 0) is 0 Å². The molecule has 13 heavy (non-hydrogen) atoms. The molecule has 0 amide bonds. The van der Waals surface area contributed by atoms with Gasteiger partial charge in [0.2, 0.25) is 0 Å². The van der Waals surface area contributed by atoms with Gasteiger partial charge in [-0.3, -0.25) is 0 Å². The third-order valence-corrected chi connectivity index (χ3v) is 1.12. The molecule has 0 saturated heterocycles. The van der Waals surface area contributed by atoms with Gasteiger partial charge >= 0.3 is 6.18 Å². The van der Waals surface area contributed by atoms with Crippen molar-refractivity contribution in [2.75, 3.05) is 13.1 Å². The van der Waals surface area contributed by atoms with Crippen LogP contribution in [0, 0.1) is 5.92 Å². The summed E-state index contributed by atoms with van der Waals surface area (Å²) in [6.45, 7) is 3.13. The lowest BCUT2D eigenvalue weighted by Gasteiger charge is -2.08. The van der Waals surface area contributed by atoms with E-state index in [0.29, 0.717) is 12.5 Å². The third kappa shape index (κ3) is 8.97. The second-order valence-corrected chi connectivity index (χ2v) is 3.09. The average molecular weight is 197 g/mol. The highest BCUT2D eigenvalue weighted by atomic mass is 19.4. The van der Waals surface area contributed by atoms with E-state index >= 15 is 0 Å². The number of rotatable bonds is 3. The van der Waals surface area contributed by atoms with Crippen LogP contribution in [0.1, 0.15) is 13.8 Å². The smallest absolute Gasteiger partial charge is 0.370 e. The van der Waals surface area contributed by atoms with Gasteiger partial charge in [0, 0.05) is 6.54 Å². The Hall–Kier alpha value is -0.940. The van der Waals surface area contributed by atoms with E-state index in [1.807, 2.05) is 13.8 Å². The molecule has 3 N–H and O–H groups in total. The van der Waals surface area contributed by atoms with E-state index in [4.69, 9.17) is 5.73 Å². The number of halogens is 3. The molecule has 0 rings (SSSR count). The summed E-state index contributed by atoms with van der Waals surface area (Å²) in [4.78, 5) is 3.13. The summed E-state index contributed by atoms with van der Waals surface area (Å²) in [6.07, 6.45) is -4.29. The number of hydrogen-bond donors (Lipinski definition) is 2. The predicted molar refractivity (Wildman–Crippen MR) is 45.4 cm³/mol. The first-order chi connectivity index (χ1) is 5.81. The summed E-state index contributed by atoms with van der Waals surface area (Å²) < 4.78 is 34.9. The van der Waals surface area contributed by atoms with E-state index < -0.39 is 12.7 Å². The number of hydrogen-bond acceptors (Lipinski definition) is 1. The van der Waals surface area contributed by atoms with Crippen LogP contribution in [0.25, 0.3) is 0 Å². The molecular formula is C7H14F3N3. The minimum absolute atomic E-state index is 0.161. The third-order valence-electron chi connectivity index (χ3n) is 1.12. The van der Waals surface area contributed by atoms with E-state index in [1.54, 1.807) is 0 Å². The second kappa shape index (κ2) is 4.94. The number of aliphatic imine (C=N–C) groups is 1. The summed E-state index contributed by atoms with van der Waals surface area (Å²) >= 11 is 0. The lowest BCUT2D eigenvalue weighted by atomic mass is 10.2. The fourth-order valence-corrected chi connectivity index (χ4v) is 0.539. The van der Waals surface area contributed by atoms with Gasteiger partial charge < -0.3 is 11.1 Å². The van der Waals surface area contributed by atoms with Gasteiger partial charge in [0.25, 0.3) is 0 Å². The molecule has 0 spiro atoms. The zero-order chi connectivity index (χ0) is 10.5. The molecule has 6 heteroatoms. The molecular weight excluding hydrogens is 183 g/mol. The topological polar surface area (TPSA) is 50.4 Å². The zero-order valence-electron chi connectivity index (χ0n) is 7.65. The van der Waals surface area contributed by atoms with Gasteiger partial charge in [-0.2, -0.15) is 13.2 Å². The van der Waals surface area contributed by atoms with Crippen molar-refractivity contribution in [1.82, 2.24) is 5.32 Å². The number of nitrogens with one attached hydrogen (secondary N) is 1. The van der Waals surface area contributed by atoms with Gasteiger partial charge in [-0.25, -0.2) is 4.99 Å². The van der Waals surface area contributed by atoms with E-state index in [-0.39, 0.29) is 5.96 Å². The molecule has 0 aromatic rings. The largest absolute Gasteiger partial charge is 0.408 e. The van der Waals surface area contributed by atoms with E-state index in [2.05, 4.69) is 10.3 Å². The van der Waals surface area contributed by atoms with Crippen molar-refractivity contribution in [2.24, 2.45) is 16.6 Å². The Morgan fingerprint density at radius 3 is 2.38 bits per heavy atom. The molecule has 0 heterocycles. The highest BCUT2D eigenvalue weighted by Gasteiger charge is 2.26. The number of guanidine groups is 1. The second-order valence-electron chi connectivity index (χ2n) is 3.09. The van der Waals surface area contributed by atoms with Crippen molar-refractivity contribution in [2.45, 2.75) is 20.0 Å². The predicted octanol–water partition coefficient (Wildman–Crippen LogP) is 1.11. The fraction of sp³-hybridized carbons (Fsp3) is 0.857. The van der Waals surface area contributed by atoms with Gasteiger partial charge in [0.05, 0.1) is 0 Å². The number of alkyl halides is 3. The van der Waals surface area contributed by atoms with Crippen LogP contribution in [0.3, 0.4) is 0 Å². The summed E-state index contributed by atoms with van der Waals surface area (Å²) in [7, 11) is 0. The maximum atomic E-state index is 11.6. The molecule has 0 radical (unpaired) electrons. The van der Waals surface area contributed by atoms with Gasteiger partial charge in [-0.05, 0) is 5.92 Å². The molecule has 0 aliphatic rings. The van der Waals surface area contributed by atoms with Crippen molar-refractivity contribution in [1.29, 1.82) is 0 Å². The van der Waals surface area contributed by atoms with Crippen molar-refractivity contribution in [3.05, 3.63) is 0 Å². The van der Waals surface area contributed by atoms with Crippen LogP contribution in [-0.4, -0.2) is 25.2 Å². The van der Waals surface area contributed by atoms with Crippen LogP contribution in [0.5, 0.6) is 0 Å². The molecule has 78 valence electrons. The summed E-state index contributed by atoms with van der Waals surface area (Å²) in [5, 5.41) is 2.58.